The minimum Gasteiger partial charge on any atom is -0.483 e. The highest BCUT2D eigenvalue weighted by Crippen LogP contribution is 2.29. The maximum atomic E-state index is 12.3. The zero-order chi connectivity index (χ0) is 22.4. The number of fused-ring (bicyclic) bond motifs is 1. The first-order valence-electron chi connectivity index (χ1n) is 10.00. The Hall–Kier alpha value is -3.06. The van der Waals surface area contributed by atoms with Gasteiger partial charge in [-0.25, -0.2) is 0 Å². The fourth-order valence-electron chi connectivity index (χ4n) is 3.01. The lowest BCUT2D eigenvalue weighted by Gasteiger charge is -2.16. The molecule has 1 atom stereocenters. The fraction of sp³-hybridized carbons (Fsp3) is 0.250. The summed E-state index contributed by atoms with van der Waals surface area (Å²) < 4.78 is 12.3. The van der Waals surface area contributed by atoms with Gasteiger partial charge in [0.15, 0.2) is 12.7 Å². The van der Waals surface area contributed by atoms with Crippen LogP contribution in [0.4, 0.5) is 0 Å². The van der Waals surface area contributed by atoms with E-state index >= 15 is 0 Å². The molecule has 0 aliphatic carbocycles. The number of hydrogen-bond donors (Lipinski definition) is 2. The zero-order valence-electron chi connectivity index (χ0n) is 17.6. The van der Waals surface area contributed by atoms with Gasteiger partial charge in [0.1, 0.15) is 11.5 Å². The summed E-state index contributed by atoms with van der Waals surface area (Å²) in [5, 5.41) is 2.11. The molecule has 0 aliphatic rings. The molecule has 0 saturated carbocycles. The van der Waals surface area contributed by atoms with E-state index in [1.165, 1.54) is 0 Å². The van der Waals surface area contributed by atoms with Crippen LogP contribution in [0.5, 0.6) is 11.5 Å². The van der Waals surface area contributed by atoms with Crippen molar-refractivity contribution in [1.82, 2.24) is 10.9 Å². The summed E-state index contributed by atoms with van der Waals surface area (Å²) in [6.07, 6.45) is -0.790. The summed E-state index contributed by atoms with van der Waals surface area (Å²) in [6.45, 7) is 5.49. The quantitative estimate of drug-likeness (QED) is 0.475. The van der Waals surface area contributed by atoms with E-state index in [0.717, 1.165) is 20.8 Å². The molecule has 7 heteroatoms. The standard InChI is InChI=1S/C24H25BrN2O4/c1-15(2)21-13-19(25)9-11-22(21)30-14-23(28)26-27-24(29)16(3)31-20-10-8-17-6-4-5-7-18(17)12-20/h4-13,15-16H,14H2,1-3H3,(H,26,28)(H,27,29). The Bertz CT molecular complexity index is 1080. The van der Waals surface area contributed by atoms with E-state index in [0.29, 0.717) is 11.5 Å². The summed E-state index contributed by atoms with van der Waals surface area (Å²) in [5.74, 6) is 0.514. The van der Waals surface area contributed by atoms with E-state index in [1.54, 1.807) is 6.92 Å². The maximum absolute atomic E-state index is 12.3. The third kappa shape index (κ3) is 6.21. The van der Waals surface area contributed by atoms with Crippen LogP contribution in [0, 0.1) is 0 Å². The Kier molecular flexibility index (Phi) is 7.52. The second-order valence-corrected chi connectivity index (χ2v) is 8.35. The van der Waals surface area contributed by atoms with Crippen molar-refractivity contribution in [1.29, 1.82) is 0 Å². The minimum absolute atomic E-state index is 0.221. The lowest BCUT2D eigenvalue weighted by molar-refractivity contribution is -0.133. The maximum Gasteiger partial charge on any atom is 0.279 e. The number of rotatable bonds is 7. The van der Waals surface area contributed by atoms with Crippen LogP contribution in [0.1, 0.15) is 32.3 Å². The van der Waals surface area contributed by atoms with Crippen molar-refractivity contribution in [3.63, 3.8) is 0 Å². The van der Waals surface area contributed by atoms with E-state index in [2.05, 4.69) is 26.8 Å². The number of nitrogens with one attached hydrogen (secondary N) is 2. The van der Waals surface area contributed by atoms with Crippen LogP contribution in [0.25, 0.3) is 10.8 Å². The van der Waals surface area contributed by atoms with Crippen molar-refractivity contribution >= 4 is 38.5 Å². The van der Waals surface area contributed by atoms with Gasteiger partial charge in [0.25, 0.3) is 11.8 Å². The first kappa shape index (κ1) is 22.6. The van der Waals surface area contributed by atoms with E-state index < -0.39 is 17.9 Å². The largest absolute Gasteiger partial charge is 0.483 e. The fourth-order valence-corrected chi connectivity index (χ4v) is 3.39. The second kappa shape index (κ2) is 10.3. The Morgan fingerprint density at radius 1 is 0.935 bits per heavy atom. The SMILES string of the molecule is CC(Oc1ccc2ccccc2c1)C(=O)NNC(=O)COc1ccc(Br)cc1C(C)C. The Morgan fingerprint density at radius 3 is 2.42 bits per heavy atom. The number of hydrogen-bond acceptors (Lipinski definition) is 4. The highest BCUT2D eigenvalue weighted by molar-refractivity contribution is 9.10. The van der Waals surface area contributed by atoms with Crippen LogP contribution in [-0.2, 0) is 9.59 Å². The molecule has 0 aromatic heterocycles. The van der Waals surface area contributed by atoms with Crippen LogP contribution in [0.15, 0.2) is 65.1 Å². The van der Waals surface area contributed by atoms with E-state index in [-0.39, 0.29) is 12.5 Å². The summed E-state index contributed by atoms with van der Waals surface area (Å²) >= 11 is 3.44. The van der Waals surface area contributed by atoms with Gasteiger partial charge in [0.2, 0.25) is 0 Å². The summed E-state index contributed by atoms with van der Waals surface area (Å²) in [4.78, 5) is 24.4. The van der Waals surface area contributed by atoms with Crippen molar-refractivity contribution in [2.75, 3.05) is 6.61 Å². The monoisotopic (exact) mass is 484 g/mol. The van der Waals surface area contributed by atoms with E-state index in [9.17, 15) is 9.59 Å². The van der Waals surface area contributed by atoms with Gasteiger partial charge >= 0.3 is 0 Å². The molecule has 3 aromatic rings. The van der Waals surface area contributed by atoms with Gasteiger partial charge in [0, 0.05) is 4.47 Å². The lowest BCUT2D eigenvalue weighted by Crippen LogP contribution is -2.48. The number of carbonyl (C=O) groups is 2. The molecule has 0 aliphatic heterocycles. The summed E-state index contributed by atoms with van der Waals surface area (Å²) in [7, 11) is 0. The van der Waals surface area contributed by atoms with Crippen molar-refractivity contribution in [2.45, 2.75) is 32.8 Å². The average molecular weight is 485 g/mol. The average Bonchev–Trinajstić information content (AvgIpc) is 2.76. The van der Waals surface area contributed by atoms with Crippen LogP contribution in [-0.4, -0.2) is 24.5 Å². The molecule has 0 spiro atoms. The Morgan fingerprint density at radius 2 is 1.68 bits per heavy atom. The predicted octanol–water partition coefficient (Wildman–Crippen LogP) is 4.72. The van der Waals surface area contributed by atoms with E-state index in [4.69, 9.17) is 9.47 Å². The summed E-state index contributed by atoms with van der Waals surface area (Å²) in [6, 6.07) is 19.1. The molecule has 0 fully saturated rings. The molecule has 2 amide bonds. The minimum atomic E-state index is -0.790. The highest BCUT2D eigenvalue weighted by atomic mass is 79.9. The number of ether oxygens (including phenoxy) is 2. The van der Waals surface area contributed by atoms with Gasteiger partial charge in [-0.2, -0.15) is 0 Å². The lowest BCUT2D eigenvalue weighted by atomic mass is 10.0. The number of carbonyl (C=O) groups excluding carboxylic acids is 2. The van der Waals surface area contributed by atoms with Crippen LogP contribution in [0.2, 0.25) is 0 Å². The van der Waals surface area contributed by atoms with Crippen LogP contribution < -0.4 is 20.3 Å². The van der Waals surface area contributed by atoms with Gasteiger partial charge < -0.3 is 9.47 Å². The van der Waals surface area contributed by atoms with E-state index in [1.807, 2.05) is 74.5 Å². The highest BCUT2D eigenvalue weighted by Gasteiger charge is 2.16. The van der Waals surface area contributed by atoms with Gasteiger partial charge in [-0.3, -0.25) is 20.4 Å². The molecule has 1 unspecified atom stereocenters. The Labute approximate surface area is 190 Å². The predicted molar refractivity (Wildman–Crippen MR) is 124 cm³/mol. The molecule has 6 nitrogen and oxygen atoms in total. The third-order valence-corrected chi connectivity index (χ3v) is 5.17. The number of amides is 2. The first-order chi connectivity index (χ1) is 14.8. The first-order valence-corrected chi connectivity index (χ1v) is 10.8. The topological polar surface area (TPSA) is 76.7 Å². The molecule has 31 heavy (non-hydrogen) atoms. The van der Waals surface area contributed by atoms with Crippen molar-refractivity contribution < 1.29 is 19.1 Å². The molecule has 0 heterocycles. The van der Waals surface area contributed by atoms with Gasteiger partial charge in [0.05, 0.1) is 0 Å². The molecule has 3 rings (SSSR count). The number of halogens is 1. The smallest absolute Gasteiger partial charge is 0.279 e. The molecule has 0 bridgehead atoms. The van der Waals surface area contributed by atoms with Gasteiger partial charge in [-0.15, -0.1) is 0 Å². The van der Waals surface area contributed by atoms with Crippen LogP contribution >= 0.6 is 15.9 Å². The van der Waals surface area contributed by atoms with Gasteiger partial charge in [-0.05, 0) is 59.5 Å². The molecule has 2 N–H and O–H groups in total. The molecule has 0 saturated heterocycles. The molecule has 3 aromatic carbocycles. The van der Waals surface area contributed by atoms with Gasteiger partial charge in [-0.1, -0.05) is 60.1 Å². The molecular weight excluding hydrogens is 460 g/mol. The molecule has 0 radical (unpaired) electrons. The second-order valence-electron chi connectivity index (χ2n) is 7.43. The molecular formula is C24H25BrN2O4. The zero-order valence-corrected chi connectivity index (χ0v) is 19.2. The van der Waals surface area contributed by atoms with Crippen molar-refractivity contribution in [2.24, 2.45) is 0 Å². The van der Waals surface area contributed by atoms with Crippen molar-refractivity contribution in [3.8, 4) is 11.5 Å². The Balaban J connectivity index is 1.49. The number of benzene rings is 3. The number of hydrazine groups is 1. The normalized spacial score (nSPS) is 11.8. The summed E-state index contributed by atoms with van der Waals surface area (Å²) in [5.41, 5.74) is 5.72. The van der Waals surface area contributed by atoms with Crippen LogP contribution in [0.3, 0.4) is 0 Å². The molecule has 162 valence electrons. The van der Waals surface area contributed by atoms with Crippen molar-refractivity contribution in [3.05, 3.63) is 70.7 Å². The third-order valence-electron chi connectivity index (χ3n) is 4.68.